The number of nitrogens with zero attached hydrogens (tertiary/aromatic N) is 3. The summed E-state index contributed by atoms with van der Waals surface area (Å²) >= 11 is 3.12. The number of nitrogens with one attached hydrogen (secondary N) is 1. The normalized spacial score (nSPS) is 15.4. The Balaban J connectivity index is 1.70. The van der Waals surface area contributed by atoms with Crippen LogP contribution in [0.4, 0.5) is 19.9 Å². The van der Waals surface area contributed by atoms with Gasteiger partial charge < -0.3 is 10.4 Å². The molecule has 33 heavy (non-hydrogen) atoms. The second-order valence-corrected chi connectivity index (χ2v) is 12.8. The molecule has 12 heteroatoms. The van der Waals surface area contributed by atoms with Crippen LogP contribution in [-0.2, 0) is 10.0 Å². The molecule has 0 spiro atoms. The van der Waals surface area contributed by atoms with Gasteiger partial charge in [0.25, 0.3) is 0 Å². The zero-order chi connectivity index (χ0) is 24.1. The van der Waals surface area contributed by atoms with E-state index in [1.54, 1.807) is 51.2 Å². The summed E-state index contributed by atoms with van der Waals surface area (Å²) in [6, 6.07) is 7.49. The van der Waals surface area contributed by atoms with E-state index in [-0.39, 0.29) is 28.7 Å². The van der Waals surface area contributed by atoms with Gasteiger partial charge in [0, 0.05) is 33.8 Å². The Bertz CT molecular complexity index is 1330. The van der Waals surface area contributed by atoms with Gasteiger partial charge in [-0.3, -0.25) is 4.90 Å². The van der Waals surface area contributed by atoms with Gasteiger partial charge in [0.2, 0.25) is 10.0 Å². The highest BCUT2D eigenvalue weighted by Gasteiger charge is 2.46. The first-order chi connectivity index (χ1) is 15.4. The molecule has 1 amide bonds. The standard InChI is InChI=1S/C21H22FIN4O4S2/c1-21(2,3)27(20(28)29)13-10-26(11-13)33(30,31)17-14-5-4-8-24-18(14)32-19(17)25-16-7-6-12(23)9-15(16)22/h4-9,13,25H,10-11H2,1-3H3,(H,28,29). The number of fused-ring (bicyclic) bond motifs is 1. The molecule has 1 aliphatic rings. The number of pyridine rings is 1. The molecule has 1 saturated heterocycles. The summed E-state index contributed by atoms with van der Waals surface area (Å²) in [5, 5.41) is 13.2. The molecule has 2 aromatic heterocycles. The summed E-state index contributed by atoms with van der Waals surface area (Å²) in [4.78, 5) is 17.8. The Morgan fingerprint density at radius 3 is 2.64 bits per heavy atom. The average molecular weight is 604 g/mol. The Hall–Kier alpha value is -2.03. The van der Waals surface area contributed by atoms with Crippen molar-refractivity contribution in [2.75, 3.05) is 18.4 Å². The molecular weight excluding hydrogens is 582 g/mol. The molecule has 1 aliphatic heterocycles. The summed E-state index contributed by atoms with van der Waals surface area (Å²) < 4.78 is 43.7. The van der Waals surface area contributed by atoms with E-state index >= 15 is 0 Å². The number of benzene rings is 1. The molecule has 4 rings (SSSR count). The number of carboxylic acid groups (broad SMARTS) is 1. The Kier molecular flexibility index (Phi) is 6.31. The molecule has 8 nitrogen and oxygen atoms in total. The van der Waals surface area contributed by atoms with Gasteiger partial charge in [-0.05, 0) is 73.7 Å². The summed E-state index contributed by atoms with van der Waals surface area (Å²) in [7, 11) is -4.00. The molecule has 176 valence electrons. The highest BCUT2D eigenvalue weighted by molar-refractivity contribution is 14.1. The third kappa shape index (κ3) is 4.53. The van der Waals surface area contributed by atoms with Crippen LogP contribution in [0, 0.1) is 9.39 Å². The number of halogens is 2. The maximum Gasteiger partial charge on any atom is 0.408 e. The first-order valence-corrected chi connectivity index (χ1v) is 13.3. The van der Waals surface area contributed by atoms with Crippen molar-refractivity contribution >= 4 is 70.9 Å². The summed E-state index contributed by atoms with van der Waals surface area (Å²) in [6.45, 7) is 5.40. The first-order valence-electron chi connectivity index (χ1n) is 10.0. The average Bonchev–Trinajstić information content (AvgIpc) is 3.03. The number of sulfonamides is 1. The van der Waals surface area contributed by atoms with Crippen LogP contribution in [0.1, 0.15) is 20.8 Å². The van der Waals surface area contributed by atoms with Gasteiger partial charge in [-0.1, -0.05) is 11.3 Å². The van der Waals surface area contributed by atoms with Crippen LogP contribution < -0.4 is 5.32 Å². The molecule has 0 unspecified atom stereocenters. The zero-order valence-electron chi connectivity index (χ0n) is 18.0. The van der Waals surface area contributed by atoms with Crippen molar-refractivity contribution in [1.82, 2.24) is 14.2 Å². The molecule has 0 atom stereocenters. The predicted molar refractivity (Wildman–Crippen MR) is 134 cm³/mol. The minimum atomic E-state index is -4.00. The number of carbonyl (C=O) groups is 1. The topological polar surface area (TPSA) is 103 Å². The van der Waals surface area contributed by atoms with E-state index < -0.39 is 33.5 Å². The number of anilines is 2. The van der Waals surface area contributed by atoms with Gasteiger partial charge in [0.15, 0.2) is 0 Å². The van der Waals surface area contributed by atoms with Crippen LogP contribution >= 0.6 is 33.9 Å². The molecule has 2 N–H and O–H groups in total. The van der Waals surface area contributed by atoms with Crippen LogP contribution in [0.2, 0.25) is 0 Å². The maximum absolute atomic E-state index is 14.5. The van der Waals surface area contributed by atoms with Crippen molar-refractivity contribution < 1.29 is 22.7 Å². The van der Waals surface area contributed by atoms with E-state index in [9.17, 15) is 22.7 Å². The molecule has 3 aromatic rings. The zero-order valence-corrected chi connectivity index (χ0v) is 21.8. The second-order valence-electron chi connectivity index (χ2n) is 8.66. The fraction of sp³-hybridized carbons (Fsp3) is 0.333. The third-order valence-corrected chi connectivity index (χ3v) is 9.07. The number of aromatic nitrogens is 1. The summed E-state index contributed by atoms with van der Waals surface area (Å²) in [6.07, 6.45) is 0.476. The van der Waals surface area contributed by atoms with Gasteiger partial charge >= 0.3 is 6.09 Å². The number of hydrogen-bond acceptors (Lipinski definition) is 6. The minimum Gasteiger partial charge on any atom is -0.465 e. The lowest BCUT2D eigenvalue weighted by Crippen LogP contribution is -2.66. The molecule has 3 heterocycles. The van der Waals surface area contributed by atoms with Crippen molar-refractivity contribution in [2.24, 2.45) is 0 Å². The van der Waals surface area contributed by atoms with Crippen molar-refractivity contribution in [3.05, 3.63) is 45.9 Å². The molecule has 1 fully saturated rings. The SMILES string of the molecule is CC(C)(C)N(C(=O)O)C1CN(S(=O)(=O)c2c(Nc3ccc(I)cc3F)sc3ncccc23)C1. The predicted octanol–water partition coefficient (Wildman–Crippen LogP) is 4.94. The van der Waals surface area contributed by atoms with Crippen LogP contribution in [0.5, 0.6) is 0 Å². The molecule has 0 aliphatic carbocycles. The van der Waals surface area contributed by atoms with E-state index in [0.717, 1.165) is 14.9 Å². The largest absolute Gasteiger partial charge is 0.465 e. The van der Waals surface area contributed by atoms with Gasteiger partial charge in [0.1, 0.15) is 20.5 Å². The molecule has 0 saturated carbocycles. The summed E-state index contributed by atoms with van der Waals surface area (Å²) in [5.41, 5.74) is -0.509. The van der Waals surface area contributed by atoms with Crippen molar-refractivity contribution in [2.45, 2.75) is 37.2 Å². The van der Waals surface area contributed by atoms with Crippen molar-refractivity contribution in [3.63, 3.8) is 0 Å². The summed E-state index contributed by atoms with van der Waals surface area (Å²) in [5.74, 6) is -0.498. The van der Waals surface area contributed by atoms with Gasteiger partial charge in [-0.2, -0.15) is 4.31 Å². The van der Waals surface area contributed by atoms with E-state index in [1.807, 2.05) is 22.6 Å². The van der Waals surface area contributed by atoms with E-state index in [2.05, 4.69) is 10.3 Å². The lowest BCUT2D eigenvalue weighted by molar-refractivity contribution is 0.0253. The number of amides is 1. The lowest BCUT2D eigenvalue weighted by Gasteiger charge is -2.48. The smallest absolute Gasteiger partial charge is 0.408 e. The maximum atomic E-state index is 14.5. The number of thiophene rings is 1. The monoisotopic (exact) mass is 604 g/mol. The molecule has 1 aromatic carbocycles. The Labute approximate surface area is 208 Å². The van der Waals surface area contributed by atoms with Crippen LogP contribution in [0.25, 0.3) is 10.2 Å². The van der Waals surface area contributed by atoms with Gasteiger partial charge in [-0.25, -0.2) is 22.6 Å². The van der Waals surface area contributed by atoms with Gasteiger partial charge in [0.05, 0.1) is 11.7 Å². The Morgan fingerprint density at radius 1 is 1.33 bits per heavy atom. The highest BCUT2D eigenvalue weighted by Crippen LogP contribution is 2.42. The molecular formula is C21H22FIN4O4S2. The van der Waals surface area contributed by atoms with E-state index in [0.29, 0.717) is 10.2 Å². The molecule has 0 bridgehead atoms. The molecule has 0 radical (unpaired) electrons. The second kappa shape index (κ2) is 8.64. The van der Waals surface area contributed by atoms with Crippen molar-refractivity contribution in [3.8, 4) is 0 Å². The van der Waals surface area contributed by atoms with Crippen molar-refractivity contribution in [1.29, 1.82) is 0 Å². The Morgan fingerprint density at radius 2 is 2.03 bits per heavy atom. The van der Waals surface area contributed by atoms with E-state index in [4.69, 9.17) is 0 Å². The minimum absolute atomic E-state index is 0.0182. The van der Waals surface area contributed by atoms with Crippen LogP contribution in [-0.4, -0.2) is 58.5 Å². The quantitative estimate of drug-likeness (QED) is 0.401. The van der Waals surface area contributed by atoms with Gasteiger partial charge in [-0.15, -0.1) is 0 Å². The fourth-order valence-corrected chi connectivity index (χ4v) is 7.49. The lowest BCUT2D eigenvalue weighted by atomic mass is 10.0. The first kappa shape index (κ1) is 24.1. The van der Waals surface area contributed by atoms with Crippen LogP contribution in [0.15, 0.2) is 41.4 Å². The van der Waals surface area contributed by atoms with Crippen LogP contribution in [0.3, 0.4) is 0 Å². The third-order valence-electron chi connectivity index (χ3n) is 5.32. The fourth-order valence-electron chi connectivity index (χ4n) is 3.86. The highest BCUT2D eigenvalue weighted by atomic mass is 127. The number of hydrogen-bond donors (Lipinski definition) is 2. The van der Waals surface area contributed by atoms with E-state index in [1.165, 1.54) is 15.3 Å². The number of rotatable bonds is 5.